The summed E-state index contributed by atoms with van der Waals surface area (Å²) < 4.78 is 28.0. The number of hydrogen-bond donors (Lipinski definition) is 0. The van der Waals surface area contributed by atoms with Crippen LogP contribution in [0.2, 0.25) is 0 Å². The van der Waals surface area contributed by atoms with Crippen LogP contribution in [0.4, 0.5) is 0 Å². The molecule has 7 heteroatoms. The van der Waals surface area contributed by atoms with E-state index in [0.29, 0.717) is 19.6 Å². The van der Waals surface area contributed by atoms with Gasteiger partial charge in [-0.05, 0) is 52.2 Å². The van der Waals surface area contributed by atoms with Crippen molar-refractivity contribution in [2.24, 2.45) is 0 Å². The SMILES string of the molecule is CCN1CCC[C@@H]1CN(CCN(C)C)S(=O)(=O)c1ccccc1C#N. The summed E-state index contributed by atoms with van der Waals surface area (Å²) in [7, 11) is 0.164. The first-order valence-electron chi connectivity index (χ1n) is 8.78. The van der Waals surface area contributed by atoms with E-state index >= 15 is 0 Å². The molecule has 0 radical (unpaired) electrons. The molecule has 0 saturated carbocycles. The molecule has 25 heavy (non-hydrogen) atoms. The van der Waals surface area contributed by atoms with E-state index in [2.05, 4.69) is 11.8 Å². The minimum absolute atomic E-state index is 0.109. The van der Waals surface area contributed by atoms with Crippen LogP contribution < -0.4 is 0 Å². The Morgan fingerprint density at radius 2 is 2.00 bits per heavy atom. The maximum atomic E-state index is 13.2. The van der Waals surface area contributed by atoms with E-state index in [4.69, 9.17) is 0 Å². The zero-order valence-corrected chi connectivity index (χ0v) is 16.2. The van der Waals surface area contributed by atoms with Gasteiger partial charge < -0.3 is 4.90 Å². The fraction of sp³-hybridized carbons (Fsp3) is 0.611. The Hall–Kier alpha value is -1.46. The summed E-state index contributed by atoms with van der Waals surface area (Å²) >= 11 is 0. The lowest BCUT2D eigenvalue weighted by Crippen LogP contribution is -2.45. The lowest BCUT2D eigenvalue weighted by molar-refractivity contribution is 0.220. The molecular weight excluding hydrogens is 336 g/mol. The highest BCUT2D eigenvalue weighted by molar-refractivity contribution is 7.89. The highest BCUT2D eigenvalue weighted by Crippen LogP contribution is 2.23. The van der Waals surface area contributed by atoms with Crippen LogP contribution in [0.3, 0.4) is 0 Å². The molecule has 1 aromatic rings. The maximum absolute atomic E-state index is 13.2. The summed E-state index contributed by atoms with van der Waals surface area (Å²) in [5.41, 5.74) is 0.205. The van der Waals surface area contributed by atoms with Gasteiger partial charge in [0.05, 0.1) is 10.5 Å². The van der Waals surface area contributed by atoms with Gasteiger partial charge in [0.15, 0.2) is 0 Å². The van der Waals surface area contributed by atoms with Crippen LogP contribution in [0.25, 0.3) is 0 Å². The third-order valence-electron chi connectivity index (χ3n) is 4.74. The summed E-state index contributed by atoms with van der Waals surface area (Å²) in [5.74, 6) is 0. The molecule has 0 aromatic heterocycles. The van der Waals surface area contributed by atoms with Crippen molar-refractivity contribution in [3.05, 3.63) is 29.8 Å². The monoisotopic (exact) mass is 364 g/mol. The topological polar surface area (TPSA) is 67.7 Å². The molecule has 138 valence electrons. The third-order valence-corrected chi connectivity index (χ3v) is 6.66. The molecule has 6 nitrogen and oxygen atoms in total. The highest BCUT2D eigenvalue weighted by atomic mass is 32.2. The van der Waals surface area contributed by atoms with E-state index in [-0.39, 0.29) is 16.5 Å². The molecule has 1 aliphatic heterocycles. The average molecular weight is 365 g/mol. The van der Waals surface area contributed by atoms with Crippen molar-refractivity contribution in [2.75, 3.05) is 46.8 Å². The zero-order valence-electron chi connectivity index (χ0n) is 15.4. The van der Waals surface area contributed by atoms with Gasteiger partial charge >= 0.3 is 0 Å². The lowest BCUT2D eigenvalue weighted by Gasteiger charge is -2.30. The second kappa shape index (κ2) is 8.77. The second-order valence-electron chi connectivity index (χ2n) is 6.70. The van der Waals surface area contributed by atoms with Crippen molar-refractivity contribution in [1.82, 2.24) is 14.1 Å². The maximum Gasteiger partial charge on any atom is 0.244 e. The Morgan fingerprint density at radius 1 is 1.28 bits per heavy atom. The van der Waals surface area contributed by atoms with Crippen LogP contribution in [0.15, 0.2) is 29.2 Å². The third kappa shape index (κ3) is 4.79. The number of benzene rings is 1. The molecule has 1 aliphatic rings. The van der Waals surface area contributed by atoms with Gasteiger partial charge in [0.1, 0.15) is 6.07 Å². The van der Waals surface area contributed by atoms with Crippen LogP contribution >= 0.6 is 0 Å². The molecule has 1 heterocycles. The number of rotatable bonds is 8. The number of nitriles is 1. The molecule has 0 N–H and O–H groups in total. The van der Waals surface area contributed by atoms with Crippen molar-refractivity contribution in [3.63, 3.8) is 0 Å². The summed E-state index contributed by atoms with van der Waals surface area (Å²) in [4.78, 5) is 4.43. The Balaban J connectivity index is 2.31. The minimum Gasteiger partial charge on any atom is -0.308 e. The van der Waals surface area contributed by atoms with E-state index in [1.54, 1.807) is 22.5 Å². The molecule has 0 spiro atoms. The predicted molar refractivity (Wildman–Crippen MR) is 98.7 cm³/mol. The van der Waals surface area contributed by atoms with Gasteiger partial charge in [0, 0.05) is 25.7 Å². The Morgan fingerprint density at radius 3 is 2.64 bits per heavy atom. The Labute approximate surface area is 151 Å². The van der Waals surface area contributed by atoms with Crippen molar-refractivity contribution < 1.29 is 8.42 Å². The highest BCUT2D eigenvalue weighted by Gasteiger charge is 2.32. The van der Waals surface area contributed by atoms with Crippen molar-refractivity contribution in [3.8, 4) is 6.07 Å². The number of nitrogens with zero attached hydrogens (tertiary/aromatic N) is 4. The minimum atomic E-state index is -3.70. The van der Waals surface area contributed by atoms with Crippen LogP contribution in [-0.4, -0.2) is 75.4 Å². The molecule has 2 rings (SSSR count). The fourth-order valence-electron chi connectivity index (χ4n) is 3.30. The quantitative estimate of drug-likeness (QED) is 0.701. The van der Waals surface area contributed by atoms with E-state index in [9.17, 15) is 13.7 Å². The van der Waals surface area contributed by atoms with Crippen molar-refractivity contribution in [1.29, 1.82) is 5.26 Å². The predicted octanol–water partition coefficient (Wildman–Crippen LogP) is 1.59. The molecule has 0 unspecified atom stereocenters. The molecular formula is C18H28N4O2S. The summed E-state index contributed by atoms with van der Waals surface area (Å²) in [6.45, 7) is 5.61. The summed E-state index contributed by atoms with van der Waals surface area (Å²) in [6.07, 6.45) is 2.12. The zero-order chi connectivity index (χ0) is 18.4. The van der Waals surface area contributed by atoms with Crippen molar-refractivity contribution >= 4 is 10.0 Å². The first-order valence-corrected chi connectivity index (χ1v) is 10.2. The van der Waals surface area contributed by atoms with Crippen LogP contribution in [-0.2, 0) is 10.0 Å². The molecule has 1 saturated heterocycles. The van der Waals surface area contributed by atoms with Gasteiger partial charge in [-0.2, -0.15) is 9.57 Å². The first-order chi connectivity index (χ1) is 11.9. The van der Waals surface area contributed by atoms with E-state index in [0.717, 1.165) is 25.9 Å². The second-order valence-corrected chi connectivity index (χ2v) is 8.61. The van der Waals surface area contributed by atoms with E-state index < -0.39 is 10.0 Å². The van der Waals surface area contributed by atoms with E-state index in [1.165, 1.54) is 6.07 Å². The van der Waals surface area contributed by atoms with Crippen LogP contribution in [0, 0.1) is 11.3 Å². The smallest absolute Gasteiger partial charge is 0.244 e. The van der Waals surface area contributed by atoms with Gasteiger partial charge in [0.2, 0.25) is 10.0 Å². The first kappa shape index (κ1) is 19.9. The largest absolute Gasteiger partial charge is 0.308 e. The lowest BCUT2D eigenvalue weighted by atomic mass is 10.2. The molecule has 1 fully saturated rings. The number of likely N-dealkylation sites (N-methyl/N-ethyl adjacent to an activating group) is 2. The van der Waals surface area contributed by atoms with Gasteiger partial charge in [-0.25, -0.2) is 8.42 Å². The normalized spacial score (nSPS) is 18.8. The van der Waals surface area contributed by atoms with E-state index in [1.807, 2.05) is 25.1 Å². The van der Waals surface area contributed by atoms with Gasteiger partial charge in [-0.1, -0.05) is 19.1 Å². The van der Waals surface area contributed by atoms with Gasteiger partial charge in [0.25, 0.3) is 0 Å². The average Bonchev–Trinajstić information content (AvgIpc) is 3.05. The van der Waals surface area contributed by atoms with Crippen molar-refractivity contribution in [2.45, 2.75) is 30.7 Å². The van der Waals surface area contributed by atoms with Crippen LogP contribution in [0.1, 0.15) is 25.3 Å². The Kier molecular flexibility index (Phi) is 6.96. The number of likely N-dealkylation sites (tertiary alicyclic amines) is 1. The molecule has 0 amide bonds. The molecule has 0 bridgehead atoms. The van der Waals surface area contributed by atoms with Gasteiger partial charge in [-0.3, -0.25) is 4.90 Å². The molecule has 0 aliphatic carbocycles. The van der Waals surface area contributed by atoms with Crippen LogP contribution in [0.5, 0.6) is 0 Å². The standard InChI is InChI=1S/C18H28N4O2S/c1-4-21-11-7-9-17(21)15-22(13-12-20(2)3)25(23,24)18-10-6-5-8-16(18)14-19/h5-6,8,10,17H,4,7,9,11-13,15H2,1-3H3/t17-/m1/s1. The molecule has 1 atom stereocenters. The van der Waals surface area contributed by atoms with Gasteiger partial charge in [-0.15, -0.1) is 0 Å². The summed E-state index contributed by atoms with van der Waals surface area (Å²) in [5, 5.41) is 9.30. The Bertz CT molecular complexity index is 712. The summed E-state index contributed by atoms with van der Waals surface area (Å²) in [6, 6.07) is 8.71. The number of hydrogen-bond acceptors (Lipinski definition) is 5. The molecule has 1 aromatic carbocycles. The fourth-order valence-corrected chi connectivity index (χ4v) is 4.91. The number of sulfonamides is 1.